The molecular weight excluding hydrogens is 248 g/mol. The Kier molecular flexibility index (Phi) is 3.66. The van der Waals surface area contributed by atoms with Crippen molar-refractivity contribution in [3.63, 3.8) is 0 Å². The molecule has 0 amide bonds. The third kappa shape index (κ3) is 2.26. The monoisotopic (exact) mass is 266 g/mol. The predicted molar refractivity (Wildman–Crippen MR) is 68.8 cm³/mol. The molecule has 1 aliphatic rings. The molecule has 5 nitrogen and oxygen atoms in total. The minimum Gasteiger partial charge on any atom is -0.496 e. The third-order valence-corrected chi connectivity index (χ3v) is 3.61. The number of methoxy groups -OCH3 is 3. The molecule has 1 saturated carbocycles. The van der Waals surface area contributed by atoms with Crippen LogP contribution < -0.4 is 9.47 Å². The SMILES string of the molecule is COCc1c(OC)cc(C2(C(=O)O)CC2)cc1OC. The highest BCUT2D eigenvalue weighted by molar-refractivity contribution is 5.85. The summed E-state index contributed by atoms with van der Waals surface area (Å²) in [6.07, 6.45) is 1.30. The maximum atomic E-state index is 11.4. The lowest BCUT2D eigenvalue weighted by Crippen LogP contribution is -2.20. The number of hydrogen-bond donors (Lipinski definition) is 1. The molecule has 0 bridgehead atoms. The Bertz CT molecular complexity index is 466. The van der Waals surface area contributed by atoms with E-state index in [2.05, 4.69) is 0 Å². The highest BCUT2D eigenvalue weighted by atomic mass is 16.5. The minimum atomic E-state index is -0.795. The molecule has 0 spiro atoms. The summed E-state index contributed by atoms with van der Waals surface area (Å²) < 4.78 is 15.8. The average molecular weight is 266 g/mol. The highest BCUT2D eigenvalue weighted by Gasteiger charge is 2.52. The first-order valence-electron chi connectivity index (χ1n) is 6.06. The minimum absolute atomic E-state index is 0.354. The van der Waals surface area contributed by atoms with Gasteiger partial charge >= 0.3 is 5.97 Å². The van der Waals surface area contributed by atoms with Crippen molar-refractivity contribution in [1.82, 2.24) is 0 Å². The van der Waals surface area contributed by atoms with Crippen LogP contribution in [0.25, 0.3) is 0 Å². The lowest BCUT2D eigenvalue weighted by atomic mass is 9.94. The van der Waals surface area contributed by atoms with Crippen LogP contribution in [0, 0.1) is 0 Å². The zero-order valence-electron chi connectivity index (χ0n) is 11.4. The van der Waals surface area contributed by atoms with E-state index in [1.54, 1.807) is 33.5 Å². The molecule has 0 aliphatic heterocycles. The van der Waals surface area contributed by atoms with Crippen LogP contribution in [0.15, 0.2) is 12.1 Å². The lowest BCUT2D eigenvalue weighted by Gasteiger charge is -2.17. The molecule has 1 aromatic rings. The van der Waals surface area contributed by atoms with Gasteiger partial charge in [0.05, 0.1) is 31.8 Å². The molecule has 0 unspecified atom stereocenters. The molecule has 1 fully saturated rings. The molecule has 1 aliphatic carbocycles. The van der Waals surface area contributed by atoms with Gasteiger partial charge in [0.2, 0.25) is 0 Å². The van der Waals surface area contributed by atoms with Crippen LogP contribution >= 0.6 is 0 Å². The normalized spacial score (nSPS) is 15.9. The van der Waals surface area contributed by atoms with Crippen molar-refractivity contribution >= 4 is 5.97 Å². The van der Waals surface area contributed by atoms with Gasteiger partial charge in [-0.15, -0.1) is 0 Å². The van der Waals surface area contributed by atoms with Gasteiger partial charge in [0.25, 0.3) is 0 Å². The van der Waals surface area contributed by atoms with Crippen LogP contribution in [0.5, 0.6) is 11.5 Å². The molecule has 104 valence electrons. The maximum absolute atomic E-state index is 11.4. The van der Waals surface area contributed by atoms with Crippen LogP contribution in [0.4, 0.5) is 0 Å². The molecule has 0 aromatic heterocycles. The molecule has 2 rings (SSSR count). The molecule has 0 heterocycles. The quantitative estimate of drug-likeness (QED) is 0.852. The maximum Gasteiger partial charge on any atom is 0.314 e. The molecule has 0 radical (unpaired) electrons. The van der Waals surface area contributed by atoms with Crippen molar-refractivity contribution in [2.24, 2.45) is 0 Å². The van der Waals surface area contributed by atoms with E-state index < -0.39 is 11.4 Å². The second-order valence-corrected chi connectivity index (χ2v) is 4.68. The summed E-state index contributed by atoms with van der Waals surface area (Å²) in [4.78, 5) is 11.4. The first-order chi connectivity index (χ1) is 9.08. The Balaban J connectivity index is 2.51. The van der Waals surface area contributed by atoms with Crippen molar-refractivity contribution < 1.29 is 24.1 Å². The van der Waals surface area contributed by atoms with E-state index in [-0.39, 0.29) is 0 Å². The summed E-state index contributed by atoms with van der Waals surface area (Å²) in [5, 5.41) is 9.35. The number of aliphatic carboxylic acids is 1. The van der Waals surface area contributed by atoms with Gasteiger partial charge in [-0.05, 0) is 30.5 Å². The van der Waals surface area contributed by atoms with Gasteiger partial charge in [0.1, 0.15) is 11.5 Å². The summed E-state index contributed by atoms with van der Waals surface area (Å²) in [6.45, 7) is 0.354. The number of carbonyl (C=O) groups is 1. The van der Waals surface area contributed by atoms with Gasteiger partial charge in [0.15, 0.2) is 0 Å². The van der Waals surface area contributed by atoms with Crippen LogP contribution in [-0.4, -0.2) is 32.4 Å². The molecule has 0 atom stereocenters. The number of carboxylic acids is 1. The lowest BCUT2D eigenvalue weighted by molar-refractivity contribution is -0.140. The Morgan fingerprint density at radius 1 is 1.21 bits per heavy atom. The van der Waals surface area contributed by atoms with Gasteiger partial charge < -0.3 is 19.3 Å². The van der Waals surface area contributed by atoms with Crippen molar-refractivity contribution in [1.29, 1.82) is 0 Å². The predicted octanol–water partition coefficient (Wildman–Crippen LogP) is 1.97. The van der Waals surface area contributed by atoms with Crippen LogP contribution in [0.2, 0.25) is 0 Å². The van der Waals surface area contributed by atoms with Gasteiger partial charge in [-0.3, -0.25) is 4.79 Å². The molecule has 0 saturated heterocycles. The number of ether oxygens (including phenoxy) is 3. The summed E-state index contributed by atoms with van der Waals surface area (Å²) in [6, 6.07) is 3.55. The van der Waals surface area contributed by atoms with Gasteiger partial charge in [-0.2, -0.15) is 0 Å². The van der Waals surface area contributed by atoms with Gasteiger partial charge in [0, 0.05) is 7.11 Å². The van der Waals surface area contributed by atoms with E-state index in [0.717, 1.165) is 11.1 Å². The molecular formula is C14H18O5. The fraction of sp³-hybridized carbons (Fsp3) is 0.500. The largest absolute Gasteiger partial charge is 0.496 e. The first kappa shape index (κ1) is 13.7. The van der Waals surface area contributed by atoms with Crippen molar-refractivity contribution in [2.45, 2.75) is 24.9 Å². The fourth-order valence-corrected chi connectivity index (χ4v) is 2.30. The van der Waals surface area contributed by atoms with E-state index in [1.165, 1.54) is 0 Å². The second kappa shape index (κ2) is 5.09. The molecule has 1 aromatic carbocycles. The number of benzene rings is 1. The summed E-state index contributed by atoms with van der Waals surface area (Å²) >= 11 is 0. The topological polar surface area (TPSA) is 65.0 Å². The third-order valence-electron chi connectivity index (χ3n) is 3.61. The average Bonchev–Trinajstić information content (AvgIpc) is 3.20. The smallest absolute Gasteiger partial charge is 0.314 e. The van der Waals surface area contributed by atoms with Crippen LogP contribution in [-0.2, 0) is 21.6 Å². The van der Waals surface area contributed by atoms with Crippen molar-refractivity contribution in [2.75, 3.05) is 21.3 Å². The van der Waals surface area contributed by atoms with Crippen molar-refractivity contribution in [3.8, 4) is 11.5 Å². The van der Waals surface area contributed by atoms with Gasteiger partial charge in [-0.1, -0.05) is 0 Å². The van der Waals surface area contributed by atoms with Crippen molar-refractivity contribution in [3.05, 3.63) is 23.3 Å². The Hall–Kier alpha value is -1.75. The number of hydrogen-bond acceptors (Lipinski definition) is 4. The van der Waals surface area contributed by atoms with E-state index >= 15 is 0 Å². The van der Waals surface area contributed by atoms with E-state index in [0.29, 0.717) is 30.9 Å². The van der Waals surface area contributed by atoms with Crippen LogP contribution in [0.1, 0.15) is 24.0 Å². The highest BCUT2D eigenvalue weighted by Crippen LogP contribution is 2.50. The number of carboxylic acid groups (broad SMARTS) is 1. The Morgan fingerprint density at radius 3 is 2.05 bits per heavy atom. The molecule has 1 N–H and O–H groups in total. The Morgan fingerprint density at radius 2 is 1.74 bits per heavy atom. The van der Waals surface area contributed by atoms with E-state index in [9.17, 15) is 9.90 Å². The summed E-state index contributed by atoms with van der Waals surface area (Å²) in [5.74, 6) is 0.406. The summed E-state index contributed by atoms with van der Waals surface area (Å²) in [5.41, 5.74) is 0.748. The zero-order valence-corrected chi connectivity index (χ0v) is 11.4. The van der Waals surface area contributed by atoms with Gasteiger partial charge in [-0.25, -0.2) is 0 Å². The summed E-state index contributed by atoms with van der Waals surface area (Å²) in [7, 11) is 4.70. The zero-order chi connectivity index (χ0) is 14.0. The van der Waals surface area contributed by atoms with Crippen LogP contribution in [0.3, 0.4) is 0 Å². The first-order valence-corrected chi connectivity index (χ1v) is 6.06. The Labute approximate surface area is 112 Å². The fourth-order valence-electron chi connectivity index (χ4n) is 2.30. The molecule has 19 heavy (non-hydrogen) atoms. The standard InChI is InChI=1S/C14H18O5/c1-17-8-10-11(18-2)6-9(7-12(10)19-3)14(4-5-14)13(15)16/h6-7H,4-5,8H2,1-3H3,(H,15,16). The van der Waals surface area contributed by atoms with E-state index in [4.69, 9.17) is 14.2 Å². The molecule has 5 heteroatoms. The number of rotatable bonds is 6. The van der Waals surface area contributed by atoms with E-state index in [1.807, 2.05) is 0 Å². The second-order valence-electron chi connectivity index (χ2n) is 4.68.